The van der Waals surface area contributed by atoms with Crippen LogP contribution in [0.5, 0.6) is 0 Å². The fourth-order valence-corrected chi connectivity index (χ4v) is 0.354. The van der Waals surface area contributed by atoms with Gasteiger partial charge in [0.1, 0.15) is 0 Å². The van der Waals surface area contributed by atoms with Crippen molar-refractivity contribution in [1.29, 1.82) is 5.26 Å². The summed E-state index contributed by atoms with van der Waals surface area (Å²) in [5, 5.41) is 16.3. The molecule has 0 saturated heterocycles. The first kappa shape index (κ1) is 7.92. The van der Waals surface area contributed by atoms with E-state index in [1.165, 1.54) is 7.11 Å². The minimum Gasteiger partial charge on any atom is -0.479 e. The maximum Gasteiger partial charge on any atom is 0.333 e. The van der Waals surface area contributed by atoms with Crippen molar-refractivity contribution >= 4 is 5.97 Å². The standard InChI is InChI=1S/C5H7NO3/c1-9-4(2-3-6)5(7)8/h4H,2H2,1H3,(H,7,8)/t4-/m0/s1. The molecule has 4 heteroatoms. The number of carboxylic acids is 1. The van der Waals surface area contributed by atoms with Gasteiger partial charge in [0.2, 0.25) is 0 Å². The first-order valence-corrected chi connectivity index (χ1v) is 2.35. The van der Waals surface area contributed by atoms with Crippen LogP contribution in [0.3, 0.4) is 0 Å². The van der Waals surface area contributed by atoms with Crippen molar-refractivity contribution in [2.24, 2.45) is 0 Å². The van der Waals surface area contributed by atoms with Gasteiger partial charge in [-0.3, -0.25) is 0 Å². The molecule has 0 unspecified atom stereocenters. The zero-order valence-corrected chi connectivity index (χ0v) is 5.00. The van der Waals surface area contributed by atoms with Gasteiger partial charge in [-0.1, -0.05) is 0 Å². The van der Waals surface area contributed by atoms with Crippen LogP contribution in [-0.4, -0.2) is 24.3 Å². The highest BCUT2D eigenvalue weighted by Crippen LogP contribution is 1.93. The molecule has 9 heavy (non-hydrogen) atoms. The average molecular weight is 129 g/mol. The van der Waals surface area contributed by atoms with Gasteiger partial charge < -0.3 is 9.84 Å². The highest BCUT2D eigenvalue weighted by atomic mass is 16.5. The summed E-state index contributed by atoms with van der Waals surface area (Å²) in [4.78, 5) is 10.0. The monoisotopic (exact) mass is 129 g/mol. The molecular weight excluding hydrogens is 122 g/mol. The molecule has 1 N–H and O–H groups in total. The van der Waals surface area contributed by atoms with Crippen molar-refractivity contribution in [3.05, 3.63) is 0 Å². The number of hydrogen-bond donors (Lipinski definition) is 1. The smallest absolute Gasteiger partial charge is 0.333 e. The molecule has 0 aromatic carbocycles. The van der Waals surface area contributed by atoms with Gasteiger partial charge in [0, 0.05) is 7.11 Å². The van der Waals surface area contributed by atoms with Crippen LogP contribution in [0.1, 0.15) is 6.42 Å². The largest absolute Gasteiger partial charge is 0.479 e. The maximum absolute atomic E-state index is 10.0. The van der Waals surface area contributed by atoms with Gasteiger partial charge in [0.15, 0.2) is 6.10 Å². The van der Waals surface area contributed by atoms with Gasteiger partial charge in [0.25, 0.3) is 0 Å². The Morgan fingerprint density at radius 1 is 2.00 bits per heavy atom. The van der Waals surface area contributed by atoms with Crippen LogP contribution in [0.4, 0.5) is 0 Å². The second-order valence-electron chi connectivity index (χ2n) is 1.42. The number of aliphatic carboxylic acids is 1. The molecule has 50 valence electrons. The van der Waals surface area contributed by atoms with Crippen LogP contribution in [0.15, 0.2) is 0 Å². The van der Waals surface area contributed by atoms with Gasteiger partial charge >= 0.3 is 5.97 Å². The molecule has 0 aromatic heterocycles. The third-order valence-electron chi connectivity index (χ3n) is 0.837. The molecule has 0 saturated carbocycles. The van der Waals surface area contributed by atoms with E-state index in [2.05, 4.69) is 4.74 Å². The maximum atomic E-state index is 10.0. The van der Waals surface area contributed by atoms with Crippen LogP contribution < -0.4 is 0 Å². The Bertz CT molecular complexity index is 138. The number of carboxylic acid groups (broad SMARTS) is 1. The summed E-state index contributed by atoms with van der Waals surface area (Å²) in [6, 6.07) is 1.69. The van der Waals surface area contributed by atoms with Crippen LogP contribution in [-0.2, 0) is 9.53 Å². The highest BCUT2D eigenvalue weighted by Gasteiger charge is 2.14. The summed E-state index contributed by atoms with van der Waals surface area (Å²) in [6.07, 6.45) is -1.08. The Morgan fingerprint density at radius 3 is 2.67 bits per heavy atom. The lowest BCUT2D eigenvalue weighted by Gasteiger charge is -2.02. The van der Waals surface area contributed by atoms with E-state index in [1.54, 1.807) is 6.07 Å². The predicted octanol–water partition coefficient (Wildman–Crippen LogP) is -0.000320. The molecule has 0 aliphatic heterocycles. The van der Waals surface area contributed by atoms with Crippen molar-refractivity contribution in [2.75, 3.05) is 7.11 Å². The molecule has 0 rings (SSSR count). The van der Waals surface area contributed by atoms with E-state index in [1.807, 2.05) is 0 Å². The van der Waals surface area contributed by atoms with Crippen molar-refractivity contribution in [2.45, 2.75) is 12.5 Å². The molecule has 1 atom stereocenters. The molecule has 0 radical (unpaired) electrons. The number of hydrogen-bond acceptors (Lipinski definition) is 3. The van der Waals surface area contributed by atoms with Gasteiger partial charge in [-0.15, -0.1) is 0 Å². The second-order valence-corrected chi connectivity index (χ2v) is 1.42. The Balaban J connectivity index is 3.71. The van der Waals surface area contributed by atoms with E-state index in [0.717, 1.165) is 0 Å². The van der Waals surface area contributed by atoms with Crippen molar-refractivity contribution in [1.82, 2.24) is 0 Å². The summed E-state index contributed by atoms with van der Waals surface area (Å²) in [5.41, 5.74) is 0. The average Bonchev–Trinajstić information content (AvgIpc) is 1.82. The minimum atomic E-state index is -1.10. The molecule has 4 nitrogen and oxygen atoms in total. The Labute approximate surface area is 52.7 Å². The molecule has 0 bridgehead atoms. The molecule has 0 aliphatic rings. The number of ether oxygens (including phenoxy) is 1. The van der Waals surface area contributed by atoms with Gasteiger partial charge in [-0.2, -0.15) is 5.26 Å². The lowest BCUT2D eigenvalue weighted by molar-refractivity contribution is -0.148. The van der Waals surface area contributed by atoms with E-state index in [4.69, 9.17) is 10.4 Å². The number of rotatable bonds is 3. The zero-order valence-electron chi connectivity index (χ0n) is 5.00. The lowest BCUT2D eigenvalue weighted by atomic mass is 10.3. The normalized spacial score (nSPS) is 12.0. The second kappa shape index (κ2) is 3.87. The molecule has 0 aromatic rings. The first-order chi connectivity index (χ1) is 4.22. The highest BCUT2D eigenvalue weighted by molar-refractivity contribution is 5.72. The molecule has 0 heterocycles. The van der Waals surface area contributed by atoms with Gasteiger partial charge in [-0.25, -0.2) is 4.79 Å². The van der Waals surface area contributed by atoms with E-state index in [-0.39, 0.29) is 6.42 Å². The van der Waals surface area contributed by atoms with Crippen LogP contribution in [0.25, 0.3) is 0 Å². The topological polar surface area (TPSA) is 70.3 Å². The summed E-state index contributed by atoms with van der Waals surface area (Å²) in [7, 11) is 1.26. The Kier molecular flexibility index (Phi) is 3.40. The number of carbonyl (C=O) groups is 1. The summed E-state index contributed by atoms with van der Waals surface area (Å²) in [6.45, 7) is 0. The van der Waals surface area contributed by atoms with E-state index in [0.29, 0.717) is 0 Å². The predicted molar refractivity (Wildman–Crippen MR) is 28.7 cm³/mol. The van der Waals surface area contributed by atoms with Gasteiger partial charge in [0.05, 0.1) is 12.5 Å². The van der Waals surface area contributed by atoms with Crippen molar-refractivity contribution in [3.63, 3.8) is 0 Å². The summed E-state index contributed by atoms with van der Waals surface area (Å²) < 4.78 is 4.43. The molecule has 0 spiro atoms. The number of nitriles is 1. The van der Waals surface area contributed by atoms with Crippen LogP contribution in [0.2, 0.25) is 0 Å². The third kappa shape index (κ3) is 2.67. The van der Waals surface area contributed by atoms with Crippen LogP contribution >= 0.6 is 0 Å². The minimum absolute atomic E-state index is 0.105. The lowest BCUT2D eigenvalue weighted by Crippen LogP contribution is -2.21. The third-order valence-corrected chi connectivity index (χ3v) is 0.837. The molecule has 0 fully saturated rings. The fourth-order valence-electron chi connectivity index (χ4n) is 0.354. The van der Waals surface area contributed by atoms with Crippen molar-refractivity contribution < 1.29 is 14.6 Å². The van der Waals surface area contributed by atoms with E-state index in [9.17, 15) is 4.79 Å². The van der Waals surface area contributed by atoms with Crippen LogP contribution in [0, 0.1) is 11.3 Å². The number of methoxy groups -OCH3 is 1. The Hall–Kier alpha value is -1.08. The SMILES string of the molecule is CO[C@@H](CC#N)C(=O)O. The van der Waals surface area contributed by atoms with E-state index >= 15 is 0 Å². The number of nitrogens with zero attached hydrogens (tertiary/aromatic N) is 1. The summed E-state index contributed by atoms with van der Waals surface area (Å²) >= 11 is 0. The van der Waals surface area contributed by atoms with Crippen molar-refractivity contribution in [3.8, 4) is 6.07 Å². The molecule has 0 aliphatic carbocycles. The fraction of sp³-hybridized carbons (Fsp3) is 0.600. The summed E-state index contributed by atoms with van der Waals surface area (Å²) in [5.74, 6) is -1.10. The van der Waals surface area contributed by atoms with Gasteiger partial charge in [-0.05, 0) is 0 Å². The quantitative estimate of drug-likeness (QED) is 0.582. The zero-order chi connectivity index (χ0) is 7.28. The Morgan fingerprint density at radius 2 is 2.56 bits per heavy atom. The molecule has 0 amide bonds. The first-order valence-electron chi connectivity index (χ1n) is 2.35. The van der Waals surface area contributed by atoms with E-state index < -0.39 is 12.1 Å². The molecular formula is C5H7NO3.